The molecular weight excluding hydrogens is 461 g/mol. The van der Waals surface area contributed by atoms with Gasteiger partial charge in [0.15, 0.2) is 0 Å². The SMILES string of the molecule is Cc1ccc([C@H](NC(=O)[C@H]2C[C@H]3C[C@H]3N2C(=O)c2cccc(C(C)(C)C(N)=O)c2)C2COC2)c(F)c1. The van der Waals surface area contributed by atoms with Gasteiger partial charge in [0.05, 0.1) is 24.7 Å². The van der Waals surface area contributed by atoms with E-state index in [0.29, 0.717) is 36.3 Å². The first kappa shape index (κ1) is 24.4. The van der Waals surface area contributed by atoms with Crippen LogP contribution in [0.5, 0.6) is 0 Å². The number of carbonyl (C=O) groups is 3. The fraction of sp³-hybridized carbons (Fsp3) is 0.464. The van der Waals surface area contributed by atoms with Gasteiger partial charge in [0, 0.05) is 23.1 Å². The number of likely N-dealkylation sites (tertiary alicyclic amines) is 1. The molecule has 3 amide bonds. The normalized spacial score (nSPS) is 24.0. The van der Waals surface area contributed by atoms with Crippen LogP contribution in [0.25, 0.3) is 0 Å². The number of aryl methyl sites for hydroxylation is 1. The van der Waals surface area contributed by atoms with E-state index < -0.39 is 23.4 Å². The number of hydrogen-bond acceptors (Lipinski definition) is 4. The second-order valence-corrected chi connectivity index (χ2v) is 10.9. The van der Waals surface area contributed by atoms with Gasteiger partial charge in [0.25, 0.3) is 5.91 Å². The molecule has 2 aliphatic heterocycles. The van der Waals surface area contributed by atoms with Crippen LogP contribution in [0.2, 0.25) is 0 Å². The van der Waals surface area contributed by atoms with Crippen molar-refractivity contribution < 1.29 is 23.5 Å². The summed E-state index contributed by atoms with van der Waals surface area (Å²) in [5.41, 5.74) is 6.94. The first-order valence-electron chi connectivity index (χ1n) is 12.4. The Labute approximate surface area is 210 Å². The van der Waals surface area contributed by atoms with E-state index in [9.17, 15) is 18.8 Å². The summed E-state index contributed by atoms with van der Waals surface area (Å²) in [6, 6.07) is 10.8. The number of primary amides is 1. The lowest BCUT2D eigenvalue weighted by atomic mass is 9.83. The third-order valence-electron chi connectivity index (χ3n) is 8.01. The molecule has 0 spiro atoms. The van der Waals surface area contributed by atoms with Crippen LogP contribution in [0.1, 0.15) is 59.8 Å². The van der Waals surface area contributed by atoms with E-state index in [1.165, 1.54) is 6.07 Å². The van der Waals surface area contributed by atoms with Gasteiger partial charge in [0.1, 0.15) is 11.9 Å². The molecule has 8 heteroatoms. The molecule has 2 heterocycles. The molecule has 1 aliphatic carbocycles. The van der Waals surface area contributed by atoms with Crippen molar-refractivity contribution in [1.29, 1.82) is 0 Å². The van der Waals surface area contributed by atoms with Gasteiger partial charge < -0.3 is 20.7 Å². The summed E-state index contributed by atoms with van der Waals surface area (Å²) >= 11 is 0. The molecule has 4 atom stereocenters. The van der Waals surface area contributed by atoms with Crippen molar-refractivity contribution in [3.63, 3.8) is 0 Å². The molecule has 0 unspecified atom stereocenters. The maximum atomic E-state index is 14.8. The summed E-state index contributed by atoms with van der Waals surface area (Å²) in [6.45, 7) is 6.15. The van der Waals surface area contributed by atoms with Crippen LogP contribution in [-0.4, -0.2) is 47.9 Å². The zero-order valence-electron chi connectivity index (χ0n) is 20.8. The van der Waals surface area contributed by atoms with Crippen molar-refractivity contribution in [3.8, 4) is 0 Å². The molecule has 1 saturated carbocycles. The van der Waals surface area contributed by atoms with Crippen molar-refractivity contribution in [2.24, 2.45) is 17.6 Å². The zero-order chi connectivity index (χ0) is 25.8. The molecule has 2 saturated heterocycles. The van der Waals surface area contributed by atoms with Gasteiger partial charge in [-0.1, -0.05) is 24.3 Å². The van der Waals surface area contributed by atoms with E-state index in [1.807, 2.05) is 13.0 Å². The third kappa shape index (κ3) is 4.28. The monoisotopic (exact) mass is 493 g/mol. The van der Waals surface area contributed by atoms with Crippen LogP contribution in [0.15, 0.2) is 42.5 Å². The molecule has 36 heavy (non-hydrogen) atoms. The lowest BCUT2D eigenvalue weighted by molar-refractivity contribution is -0.128. The molecule has 0 radical (unpaired) electrons. The van der Waals surface area contributed by atoms with Crippen LogP contribution in [0.3, 0.4) is 0 Å². The number of rotatable bonds is 7. The first-order valence-corrected chi connectivity index (χ1v) is 12.4. The predicted octanol–water partition coefficient (Wildman–Crippen LogP) is 3.00. The summed E-state index contributed by atoms with van der Waals surface area (Å²) in [6.07, 6.45) is 1.45. The zero-order valence-corrected chi connectivity index (χ0v) is 20.8. The fourth-order valence-corrected chi connectivity index (χ4v) is 5.34. The lowest BCUT2D eigenvalue weighted by Crippen LogP contribution is -2.51. The lowest BCUT2D eigenvalue weighted by Gasteiger charge is -2.36. The van der Waals surface area contributed by atoms with E-state index in [2.05, 4.69) is 5.32 Å². The van der Waals surface area contributed by atoms with Crippen molar-refractivity contribution >= 4 is 17.7 Å². The summed E-state index contributed by atoms with van der Waals surface area (Å²) < 4.78 is 20.2. The van der Waals surface area contributed by atoms with Gasteiger partial charge in [0.2, 0.25) is 11.8 Å². The fourth-order valence-electron chi connectivity index (χ4n) is 5.34. The summed E-state index contributed by atoms with van der Waals surface area (Å²) in [5, 5.41) is 3.05. The number of amides is 3. The van der Waals surface area contributed by atoms with Gasteiger partial charge in [-0.25, -0.2) is 4.39 Å². The van der Waals surface area contributed by atoms with Gasteiger partial charge in [-0.05, 0) is 68.9 Å². The highest BCUT2D eigenvalue weighted by Gasteiger charge is 2.56. The smallest absolute Gasteiger partial charge is 0.254 e. The minimum absolute atomic E-state index is 0.0163. The van der Waals surface area contributed by atoms with Gasteiger partial charge >= 0.3 is 0 Å². The Hall–Kier alpha value is -3.26. The van der Waals surface area contributed by atoms with E-state index in [4.69, 9.17) is 10.5 Å². The minimum Gasteiger partial charge on any atom is -0.381 e. The van der Waals surface area contributed by atoms with Crippen LogP contribution < -0.4 is 11.1 Å². The molecule has 0 bridgehead atoms. The van der Waals surface area contributed by atoms with Gasteiger partial charge in [-0.3, -0.25) is 14.4 Å². The Kier molecular flexibility index (Phi) is 6.11. The topological polar surface area (TPSA) is 102 Å². The Morgan fingerprint density at radius 2 is 1.89 bits per heavy atom. The average molecular weight is 494 g/mol. The van der Waals surface area contributed by atoms with E-state index in [1.54, 1.807) is 49.1 Å². The van der Waals surface area contributed by atoms with Crippen molar-refractivity contribution in [3.05, 3.63) is 70.5 Å². The number of hydrogen-bond donors (Lipinski definition) is 2. The Bertz CT molecular complexity index is 1230. The molecule has 3 fully saturated rings. The average Bonchev–Trinajstić information content (AvgIpc) is 3.46. The number of piperidine rings is 1. The quantitative estimate of drug-likeness (QED) is 0.619. The Morgan fingerprint density at radius 1 is 1.14 bits per heavy atom. The number of ether oxygens (including phenoxy) is 1. The van der Waals surface area contributed by atoms with Crippen LogP contribution >= 0.6 is 0 Å². The number of halogens is 1. The van der Waals surface area contributed by atoms with Crippen molar-refractivity contribution in [2.75, 3.05) is 13.2 Å². The maximum absolute atomic E-state index is 14.8. The van der Waals surface area contributed by atoms with E-state index in [0.717, 1.165) is 12.0 Å². The molecular formula is C28H32FN3O4. The number of nitrogens with one attached hydrogen (secondary N) is 1. The highest BCUT2D eigenvalue weighted by Crippen LogP contribution is 2.48. The molecule has 0 aromatic heterocycles. The summed E-state index contributed by atoms with van der Waals surface area (Å²) in [4.78, 5) is 40.8. The highest BCUT2D eigenvalue weighted by molar-refractivity contribution is 5.99. The third-order valence-corrected chi connectivity index (χ3v) is 8.01. The second-order valence-electron chi connectivity index (χ2n) is 10.9. The highest BCUT2D eigenvalue weighted by atomic mass is 19.1. The van der Waals surface area contributed by atoms with E-state index >= 15 is 0 Å². The molecule has 2 aromatic rings. The number of fused-ring (bicyclic) bond motifs is 1. The molecule has 190 valence electrons. The maximum Gasteiger partial charge on any atom is 0.254 e. The van der Waals surface area contributed by atoms with Crippen LogP contribution in [-0.2, 0) is 19.7 Å². The molecule has 7 nitrogen and oxygen atoms in total. The van der Waals surface area contributed by atoms with Gasteiger partial charge in [-0.15, -0.1) is 0 Å². The molecule has 3 N–H and O–H groups in total. The predicted molar refractivity (Wildman–Crippen MR) is 131 cm³/mol. The van der Waals surface area contributed by atoms with E-state index in [-0.39, 0.29) is 35.5 Å². The molecule has 3 aliphatic rings. The molecule has 5 rings (SSSR count). The number of benzene rings is 2. The number of nitrogens with two attached hydrogens (primary N) is 1. The molecule has 2 aromatic carbocycles. The Balaban J connectivity index is 1.39. The summed E-state index contributed by atoms with van der Waals surface area (Å²) in [7, 11) is 0. The largest absolute Gasteiger partial charge is 0.381 e. The Morgan fingerprint density at radius 3 is 2.53 bits per heavy atom. The number of carbonyl (C=O) groups excluding carboxylic acids is 3. The first-order chi connectivity index (χ1) is 17.1. The van der Waals surface area contributed by atoms with Gasteiger partial charge in [-0.2, -0.15) is 0 Å². The number of nitrogens with zero attached hydrogens (tertiary/aromatic N) is 1. The van der Waals surface area contributed by atoms with Crippen molar-refractivity contribution in [1.82, 2.24) is 10.2 Å². The van der Waals surface area contributed by atoms with Crippen molar-refractivity contribution in [2.45, 2.75) is 57.2 Å². The van der Waals surface area contributed by atoms with Crippen LogP contribution in [0.4, 0.5) is 4.39 Å². The minimum atomic E-state index is -0.934. The standard InChI is InChI=1S/C28H32FN3O4/c1-15-7-8-20(21(29)9-15)24(18-13-36-14-18)31-25(33)23-12-17-11-22(17)32(23)26(34)16-5-4-6-19(10-16)28(2,3)27(30)35/h4-10,17-18,22-24H,11-14H2,1-3H3,(H2,30,35)(H,31,33)/t17-,22-,23-,24-/m1/s1. The van der Waals surface area contributed by atoms with Crippen LogP contribution in [0, 0.1) is 24.6 Å². The summed E-state index contributed by atoms with van der Waals surface area (Å²) in [5.74, 6) is -1.10. The second kappa shape index (κ2) is 9.00.